The van der Waals surface area contributed by atoms with Gasteiger partial charge in [0.2, 0.25) is 5.75 Å². The van der Waals surface area contributed by atoms with Gasteiger partial charge in [-0.15, -0.1) is 0 Å². The fourth-order valence-corrected chi connectivity index (χ4v) is 2.38. The van der Waals surface area contributed by atoms with Crippen LogP contribution in [0.5, 0.6) is 5.75 Å². The zero-order chi connectivity index (χ0) is 15.4. The highest BCUT2D eigenvalue weighted by Gasteiger charge is 2.27. The third-order valence-corrected chi connectivity index (χ3v) is 3.50. The normalized spacial score (nSPS) is 15.4. The first kappa shape index (κ1) is 14.9. The van der Waals surface area contributed by atoms with E-state index in [1.165, 1.54) is 0 Å². The molecule has 0 unspecified atom stereocenters. The number of esters is 1. The van der Waals surface area contributed by atoms with Crippen LogP contribution < -0.4 is 4.74 Å². The third-order valence-electron chi connectivity index (χ3n) is 3.50. The maximum atomic E-state index is 12.0. The number of ether oxygens (including phenoxy) is 1. The van der Waals surface area contributed by atoms with Crippen LogP contribution in [-0.2, 0) is 4.79 Å². The van der Waals surface area contributed by atoms with Crippen molar-refractivity contribution >= 4 is 17.3 Å². The minimum Gasteiger partial charge on any atom is -0.419 e. The molecule has 0 radical (unpaired) electrons. The Kier molecular flexibility index (Phi) is 4.46. The van der Waals surface area contributed by atoms with Gasteiger partial charge in [-0.3, -0.25) is 25.0 Å². The highest BCUT2D eigenvalue weighted by atomic mass is 16.6. The largest absolute Gasteiger partial charge is 0.419 e. The van der Waals surface area contributed by atoms with E-state index < -0.39 is 27.2 Å². The van der Waals surface area contributed by atoms with Crippen LogP contribution in [-0.4, -0.2) is 15.8 Å². The number of nitro groups is 2. The van der Waals surface area contributed by atoms with E-state index in [-0.39, 0.29) is 11.7 Å². The highest BCUT2D eigenvalue weighted by Crippen LogP contribution is 2.33. The van der Waals surface area contributed by atoms with E-state index in [0.29, 0.717) is 12.8 Å². The van der Waals surface area contributed by atoms with E-state index >= 15 is 0 Å². The molecule has 0 heterocycles. The lowest BCUT2D eigenvalue weighted by Crippen LogP contribution is -2.23. The average molecular weight is 294 g/mol. The highest BCUT2D eigenvalue weighted by molar-refractivity contribution is 5.76. The first-order chi connectivity index (χ1) is 9.99. The zero-order valence-corrected chi connectivity index (χ0v) is 11.2. The Labute approximate surface area is 120 Å². The maximum absolute atomic E-state index is 12.0. The first-order valence-electron chi connectivity index (χ1n) is 6.63. The summed E-state index contributed by atoms with van der Waals surface area (Å²) in [4.78, 5) is 32.0. The number of hydrogen-bond acceptors (Lipinski definition) is 6. The second-order valence-electron chi connectivity index (χ2n) is 4.92. The molecule has 0 amide bonds. The summed E-state index contributed by atoms with van der Waals surface area (Å²) in [7, 11) is 0. The molecule has 8 nitrogen and oxygen atoms in total. The monoisotopic (exact) mass is 294 g/mol. The zero-order valence-electron chi connectivity index (χ0n) is 11.2. The Hall–Kier alpha value is -2.51. The van der Waals surface area contributed by atoms with E-state index in [2.05, 4.69) is 0 Å². The van der Waals surface area contributed by atoms with Crippen LogP contribution >= 0.6 is 0 Å². The summed E-state index contributed by atoms with van der Waals surface area (Å²) in [6.07, 6.45) is 4.35. The number of carbonyl (C=O) groups excluding carboxylic acids is 1. The third kappa shape index (κ3) is 3.53. The van der Waals surface area contributed by atoms with E-state index in [1.54, 1.807) is 0 Å². The van der Waals surface area contributed by atoms with Crippen molar-refractivity contribution in [1.82, 2.24) is 0 Å². The summed E-state index contributed by atoms with van der Waals surface area (Å²) in [5, 5.41) is 21.6. The van der Waals surface area contributed by atoms with Gasteiger partial charge in [0, 0.05) is 6.07 Å². The molecular formula is C13H14N2O6. The molecule has 0 atom stereocenters. The number of benzene rings is 1. The fourth-order valence-electron chi connectivity index (χ4n) is 2.38. The summed E-state index contributed by atoms with van der Waals surface area (Å²) >= 11 is 0. The molecule has 1 fully saturated rings. The van der Waals surface area contributed by atoms with Crippen molar-refractivity contribution in [3.05, 3.63) is 38.4 Å². The molecule has 0 N–H and O–H groups in total. The smallest absolute Gasteiger partial charge is 0.318 e. The molecule has 1 aliphatic carbocycles. The van der Waals surface area contributed by atoms with Gasteiger partial charge in [0.25, 0.3) is 5.69 Å². The quantitative estimate of drug-likeness (QED) is 0.365. The number of nitrogens with zero attached hydrogens (tertiary/aromatic N) is 2. The van der Waals surface area contributed by atoms with Gasteiger partial charge in [-0.25, -0.2) is 0 Å². The molecule has 0 aromatic heterocycles. The van der Waals surface area contributed by atoms with Gasteiger partial charge in [0.15, 0.2) is 0 Å². The van der Waals surface area contributed by atoms with Crippen molar-refractivity contribution < 1.29 is 19.4 Å². The molecule has 112 valence electrons. The SMILES string of the molecule is O=C(Oc1ccc([N+](=O)[O-])cc1[N+](=O)[O-])C1CCCCC1. The molecule has 21 heavy (non-hydrogen) atoms. The summed E-state index contributed by atoms with van der Waals surface area (Å²) in [5.41, 5.74) is -0.993. The lowest BCUT2D eigenvalue weighted by Gasteiger charge is -2.19. The number of nitro benzene ring substituents is 2. The molecule has 1 aromatic rings. The van der Waals surface area contributed by atoms with Crippen LogP contribution in [0.4, 0.5) is 11.4 Å². The molecule has 2 rings (SSSR count). The van der Waals surface area contributed by atoms with E-state index in [4.69, 9.17) is 4.74 Å². The van der Waals surface area contributed by atoms with Gasteiger partial charge in [-0.05, 0) is 18.9 Å². The predicted octanol–water partition coefficient (Wildman–Crippen LogP) is 2.99. The number of non-ortho nitro benzene ring substituents is 1. The van der Waals surface area contributed by atoms with Gasteiger partial charge in [0.1, 0.15) is 0 Å². The molecule has 1 aromatic carbocycles. The Balaban J connectivity index is 2.20. The van der Waals surface area contributed by atoms with Gasteiger partial charge in [0.05, 0.1) is 21.8 Å². The van der Waals surface area contributed by atoms with Crippen molar-refractivity contribution in [3.63, 3.8) is 0 Å². The molecular weight excluding hydrogens is 280 g/mol. The van der Waals surface area contributed by atoms with E-state index in [0.717, 1.165) is 37.5 Å². The second-order valence-corrected chi connectivity index (χ2v) is 4.92. The Morgan fingerprint density at radius 3 is 2.33 bits per heavy atom. The molecule has 0 saturated heterocycles. The minimum absolute atomic E-state index is 0.249. The Morgan fingerprint density at radius 2 is 1.76 bits per heavy atom. The van der Waals surface area contributed by atoms with Crippen LogP contribution in [0.15, 0.2) is 18.2 Å². The minimum atomic E-state index is -0.795. The molecule has 8 heteroatoms. The molecule has 0 bridgehead atoms. The number of carbonyl (C=O) groups is 1. The van der Waals surface area contributed by atoms with E-state index in [9.17, 15) is 25.0 Å². The fraction of sp³-hybridized carbons (Fsp3) is 0.462. The topological polar surface area (TPSA) is 113 Å². The Bertz CT molecular complexity index is 580. The summed E-state index contributed by atoms with van der Waals surface area (Å²) in [5.74, 6) is -1.01. The summed E-state index contributed by atoms with van der Waals surface area (Å²) < 4.78 is 5.08. The lowest BCUT2D eigenvalue weighted by atomic mass is 9.89. The van der Waals surface area contributed by atoms with Crippen molar-refractivity contribution in [2.45, 2.75) is 32.1 Å². The molecule has 0 spiro atoms. The second kappa shape index (κ2) is 6.29. The van der Waals surface area contributed by atoms with Crippen molar-refractivity contribution in [2.24, 2.45) is 5.92 Å². The van der Waals surface area contributed by atoms with Crippen molar-refractivity contribution in [2.75, 3.05) is 0 Å². The molecule has 1 saturated carbocycles. The molecule has 1 aliphatic rings. The van der Waals surface area contributed by atoms with Gasteiger partial charge in [-0.1, -0.05) is 19.3 Å². The van der Waals surface area contributed by atoms with Crippen molar-refractivity contribution in [1.29, 1.82) is 0 Å². The summed E-state index contributed by atoms with van der Waals surface area (Å²) in [6, 6.07) is 2.97. The standard InChI is InChI=1S/C13H14N2O6/c16-13(9-4-2-1-3-5-9)21-12-7-6-10(14(17)18)8-11(12)15(19)20/h6-9H,1-5H2. The van der Waals surface area contributed by atoms with Gasteiger partial charge < -0.3 is 4.74 Å². The van der Waals surface area contributed by atoms with Crippen LogP contribution in [0.1, 0.15) is 32.1 Å². The van der Waals surface area contributed by atoms with Gasteiger partial charge >= 0.3 is 11.7 Å². The molecule has 0 aliphatic heterocycles. The lowest BCUT2D eigenvalue weighted by molar-refractivity contribution is -0.394. The first-order valence-corrected chi connectivity index (χ1v) is 6.63. The number of hydrogen-bond donors (Lipinski definition) is 0. The van der Waals surface area contributed by atoms with Crippen LogP contribution in [0.25, 0.3) is 0 Å². The summed E-state index contributed by atoms with van der Waals surface area (Å²) in [6.45, 7) is 0. The average Bonchev–Trinajstić information content (AvgIpc) is 2.48. The Morgan fingerprint density at radius 1 is 1.10 bits per heavy atom. The van der Waals surface area contributed by atoms with Crippen LogP contribution in [0, 0.1) is 26.1 Å². The van der Waals surface area contributed by atoms with Gasteiger partial charge in [-0.2, -0.15) is 0 Å². The van der Waals surface area contributed by atoms with Crippen LogP contribution in [0.2, 0.25) is 0 Å². The van der Waals surface area contributed by atoms with Crippen molar-refractivity contribution in [3.8, 4) is 5.75 Å². The number of rotatable bonds is 4. The van der Waals surface area contributed by atoms with Crippen LogP contribution in [0.3, 0.4) is 0 Å². The predicted molar refractivity (Wildman–Crippen MR) is 72.0 cm³/mol. The maximum Gasteiger partial charge on any atom is 0.318 e. The van der Waals surface area contributed by atoms with E-state index in [1.807, 2.05) is 0 Å².